The van der Waals surface area contributed by atoms with Gasteiger partial charge in [0.15, 0.2) is 0 Å². The number of amides is 1. The molecule has 1 amide bonds. The van der Waals surface area contributed by atoms with Crippen LogP contribution in [0.3, 0.4) is 0 Å². The van der Waals surface area contributed by atoms with Crippen LogP contribution in [0, 0.1) is 0 Å². The molecule has 0 bridgehead atoms. The van der Waals surface area contributed by atoms with Gasteiger partial charge in [0.2, 0.25) is 0 Å². The van der Waals surface area contributed by atoms with Gasteiger partial charge in [0.05, 0.1) is 17.7 Å². The second-order valence-electron chi connectivity index (χ2n) is 4.63. The van der Waals surface area contributed by atoms with E-state index in [2.05, 4.69) is 5.32 Å². The van der Waals surface area contributed by atoms with E-state index < -0.39 is 23.2 Å². The monoisotopic (exact) mass is 309 g/mol. The molecule has 0 unspecified atom stereocenters. The van der Waals surface area contributed by atoms with E-state index in [1.165, 1.54) is 19.2 Å². The Hall–Kier alpha value is -2.34. The van der Waals surface area contributed by atoms with Crippen molar-refractivity contribution in [3.63, 3.8) is 0 Å². The lowest BCUT2D eigenvalue weighted by atomic mass is 10.1. The molecule has 0 aliphatic rings. The van der Waals surface area contributed by atoms with Crippen LogP contribution in [0.1, 0.15) is 21.5 Å². The average Bonchev–Trinajstić information content (AvgIpc) is 2.47. The Morgan fingerprint density at radius 2 is 1.86 bits per heavy atom. The first-order chi connectivity index (χ1) is 10.4. The quantitative estimate of drug-likeness (QED) is 0.923. The van der Waals surface area contributed by atoms with Crippen LogP contribution in [0.5, 0.6) is 0 Å². The van der Waals surface area contributed by atoms with Crippen LogP contribution in [0.2, 0.25) is 0 Å². The van der Waals surface area contributed by atoms with E-state index in [4.69, 9.17) is 4.74 Å². The topological polar surface area (TPSA) is 38.3 Å². The minimum atomic E-state index is -4.58. The summed E-state index contributed by atoms with van der Waals surface area (Å²) in [4.78, 5) is 12.1. The van der Waals surface area contributed by atoms with Crippen molar-refractivity contribution in [2.75, 3.05) is 12.4 Å². The molecule has 2 aromatic rings. The summed E-state index contributed by atoms with van der Waals surface area (Å²) in [6.45, 7) is 0.350. The summed E-state index contributed by atoms with van der Waals surface area (Å²) in [5.74, 6) is -0.803. The Balaban J connectivity index is 2.25. The molecule has 0 aliphatic heterocycles. The SMILES string of the molecule is COCc1cccc(NC(=O)c2ccccc2C(F)(F)F)c1. The first kappa shape index (κ1) is 16.0. The summed E-state index contributed by atoms with van der Waals surface area (Å²) >= 11 is 0. The molecule has 0 fully saturated rings. The highest BCUT2D eigenvalue weighted by atomic mass is 19.4. The Bertz CT molecular complexity index is 668. The molecule has 2 rings (SSSR count). The van der Waals surface area contributed by atoms with Gasteiger partial charge in [0.1, 0.15) is 0 Å². The summed E-state index contributed by atoms with van der Waals surface area (Å²) in [5.41, 5.74) is -0.145. The zero-order chi connectivity index (χ0) is 16.2. The van der Waals surface area contributed by atoms with Crippen molar-refractivity contribution in [1.82, 2.24) is 0 Å². The van der Waals surface area contributed by atoms with Gasteiger partial charge in [-0.05, 0) is 29.8 Å². The zero-order valence-electron chi connectivity index (χ0n) is 11.8. The fourth-order valence-corrected chi connectivity index (χ4v) is 2.03. The maximum atomic E-state index is 12.9. The van der Waals surface area contributed by atoms with Gasteiger partial charge in [-0.3, -0.25) is 4.79 Å². The number of carbonyl (C=O) groups excluding carboxylic acids is 1. The Morgan fingerprint density at radius 1 is 1.14 bits per heavy atom. The van der Waals surface area contributed by atoms with Gasteiger partial charge in [-0.25, -0.2) is 0 Å². The highest BCUT2D eigenvalue weighted by molar-refractivity contribution is 6.05. The average molecular weight is 309 g/mol. The molecule has 0 heterocycles. The zero-order valence-corrected chi connectivity index (χ0v) is 11.8. The number of ether oxygens (including phenoxy) is 1. The third kappa shape index (κ3) is 3.85. The summed E-state index contributed by atoms with van der Waals surface area (Å²) < 4.78 is 43.7. The fraction of sp³-hybridized carbons (Fsp3) is 0.188. The van der Waals surface area contributed by atoms with Crippen molar-refractivity contribution < 1.29 is 22.7 Å². The number of hydrogen-bond donors (Lipinski definition) is 1. The molecule has 1 N–H and O–H groups in total. The van der Waals surface area contributed by atoms with Gasteiger partial charge >= 0.3 is 6.18 Å². The number of anilines is 1. The summed E-state index contributed by atoms with van der Waals surface area (Å²) in [6.07, 6.45) is -4.58. The van der Waals surface area contributed by atoms with Gasteiger partial charge in [-0.1, -0.05) is 24.3 Å². The third-order valence-electron chi connectivity index (χ3n) is 2.97. The maximum absolute atomic E-state index is 12.9. The molecule has 0 saturated heterocycles. The number of halogens is 3. The molecule has 0 spiro atoms. The van der Waals surface area contributed by atoms with Crippen LogP contribution in [-0.2, 0) is 17.5 Å². The summed E-state index contributed by atoms with van der Waals surface area (Å²) in [6, 6.07) is 11.4. The molecule has 6 heteroatoms. The van der Waals surface area contributed by atoms with Crippen LogP contribution in [0.25, 0.3) is 0 Å². The number of hydrogen-bond acceptors (Lipinski definition) is 2. The van der Waals surface area contributed by atoms with Crippen molar-refractivity contribution in [2.24, 2.45) is 0 Å². The number of nitrogens with one attached hydrogen (secondary N) is 1. The van der Waals surface area contributed by atoms with Crippen molar-refractivity contribution in [3.8, 4) is 0 Å². The number of methoxy groups -OCH3 is 1. The lowest BCUT2D eigenvalue weighted by Gasteiger charge is -2.13. The van der Waals surface area contributed by atoms with Crippen LogP contribution in [0.4, 0.5) is 18.9 Å². The Labute approximate surface area is 125 Å². The predicted molar refractivity (Wildman–Crippen MR) is 76.6 cm³/mol. The lowest BCUT2D eigenvalue weighted by Crippen LogP contribution is -2.18. The van der Waals surface area contributed by atoms with Crippen LogP contribution in [-0.4, -0.2) is 13.0 Å². The van der Waals surface area contributed by atoms with E-state index in [1.54, 1.807) is 24.3 Å². The van der Waals surface area contributed by atoms with Crippen LogP contribution >= 0.6 is 0 Å². The minimum absolute atomic E-state index is 0.350. The molecule has 116 valence electrons. The normalized spacial score (nSPS) is 11.3. The molecule has 0 radical (unpaired) electrons. The Morgan fingerprint density at radius 3 is 2.55 bits per heavy atom. The van der Waals surface area contributed by atoms with E-state index in [9.17, 15) is 18.0 Å². The third-order valence-corrected chi connectivity index (χ3v) is 2.97. The van der Waals surface area contributed by atoms with E-state index in [0.717, 1.165) is 17.7 Å². The van der Waals surface area contributed by atoms with Crippen molar-refractivity contribution in [1.29, 1.82) is 0 Å². The minimum Gasteiger partial charge on any atom is -0.380 e. The van der Waals surface area contributed by atoms with Crippen LogP contribution < -0.4 is 5.32 Å². The van der Waals surface area contributed by atoms with Gasteiger partial charge < -0.3 is 10.1 Å². The molecule has 22 heavy (non-hydrogen) atoms. The lowest BCUT2D eigenvalue weighted by molar-refractivity contribution is -0.137. The smallest absolute Gasteiger partial charge is 0.380 e. The van der Waals surface area contributed by atoms with E-state index in [1.807, 2.05) is 0 Å². The Kier molecular flexibility index (Phi) is 4.82. The van der Waals surface area contributed by atoms with E-state index in [0.29, 0.717) is 12.3 Å². The van der Waals surface area contributed by atoms with Gasteiger partial charge in [0.25, 0.3) is 5.91 Å². The standard InChI is InChI=1S/C16H14F3NO2/c1-22-10-11-5-4-6-12(9-11)20-15(21)13-7-2-3-8-14(13)16(17,18)19/h2-9H,10H2,1H3,(H,20,21). The fourth-order valence-electron chi connectivity index (χ4n) is 2.03. The van der Waals surface area contributed by atoms with Crippen molar-refractivity contribution in [3.05, 3.63) is 65.2 Å². The number of rotatable bonds is 4. The highest BCUT2D eigenvalue weighted by Gasteiger charge is 2.34. The molecule has 0 aromatic heterocycles. The van der Waals surface area contributed by atoms with E-state index in [-0.39, 0.29) is 0 Å². The number of alkyl halides is 3. The first-order valence-corrected chi connectivity index (χ1v) is 6.47. The van der Waals surface area contributed by atoms with E-state index >= 15 is 0 Å². The largest absolute Gasteiger partial charge is 0.417 e. The summed E-state index contributed by atoms with van der Waals surface area (Å²) in [5, 5.41) is 2.48. The van der Waals surface area contributed by atoms with Gasteiger partial charge in [0, 0.05) is 12.8 Å². The number of benzene rings is 2. The molecular formula is C16H14F3NO2. The van der Waals surface area contributed by atoms with Gasteiger partial charge in [-0.2, -0.15) is 13.2 Å². The van der Waals surface area contributed by atoms with Gasteiger partial charge in [-0.15, -0.1) is 0 Å². The molecule has 0 aliphatic carbocycles. The molecule has 0 atom stereocenters. The molecule has 0 saturated carbocycles. The molecular weight excluding hydrogens is 295 g/mol. The van der Waals surface area contributed by atoms with Crippen molar-refractivity contribution >= 4 is 11.6 Å². The second kappa shape index (κ2) is 6.62. The van der Waals surface area contributed by atoms with Crippen molar-refractivity contribution in [2.45, 2.75) is 12.8 Å². The molecule has 3 nitrogen and oxygen atoms in total. The predicted octanol–water partition coefficient (Wildman–Crippen LogP) is 4.10. The summed E-state index contributed by atoms with van der Waals surface area (Å²) in [7, 11) is 1.53. The first-order valence-electron chi connectivity index (χ1n) is 6.47. The molecule has 2 aromatic carbocycles. The second-order valence-corrected chi connectivity index (χ2v) is 4.63. The van der Waals surface area contributed by atoms with Crippen LogP contribution in [0.15, 0.2) is 48.5 Å². The number of carbonyl (C=O) groups is 1. The maximum Gasteiger partial charge on any atom is 0.417 e. The highest BCUT2D eigenvalue weighted by Crippen LogP contribution is 2.32.